The number of ether oxygens (including phenoxy) is 1. The Balaban J connectivity index is 1.60. The van der Waals surface area contributed by atoms with E-state index in [0.717, 1.165) is 42.5 Å². The van der Waals surface area contributed by atoms with Gasteiger partial charge in [0.05, 0.1) is 12.2 Å². The van der Waals surface area contributed by atoms with Crippen molar-refractivity contribution >= 4 is 34.5 Å². The Labute approximate surface area is 138 Å². The number of pyridine rings is 1. The fourth-order valence-corrected chi connectivity index (χ4v) is 3.13. The first-order valence-corrected chi connectivity index (χ1v) is 8.10. The second-order valence-corrected chi connectivity index (χ2v) is 6.32. The van der Waals surface area contributed by atoms with Crippen molar-refractivity contribution < 1.29 is 14.3 Å². The standard InChI is InChI=1S/C16H19N5O3/c17-16(23)24-10-4-6-21(8-10)12-7-13(20-15(22)9-1-2-9)19-14-11(12)3-5-18-14/h3,5,7,9-10H,1-2,4,6,8H2,(H2,17,23)(H2,18,19,20,22)/t10-/m1/s1. The van der Waals surface area contributed by atoms with E-state index in [1.165, 1.54) is 0 Å². The molecule has 24 heavy (non-hydrogen) atoms. The highest BCUT2D eigenvalue weighted by molar-refractivity contribution is 5.97. The average molecular weight is 329 g/mol. The summed E-state index contributed by atoms with van der Waals surface area (Å²) in [6, 6.07) is 3.83. The summed E-state index contributed by atoms with van der Waals surface area (Å²) in [6.45, 7) is 1.32. The minimum Gasteiger partial charge on any atom is -0.444 e. The molecular formula is C16H19N5O3. The van der Waals surface area contributed by atoms with Gasteiger partial charge in [0.1, 0.15) is 17.6 Å². The quantitative estimate of drug-likeness (QED) is 0.788. The molecule has 2 aromatic rings. The molecule has 1 atom stereocenters. The minimum atomic E-state index is -0.749. The van der Waals surface area contributed by atoms with E-state index >= 15 is 0 Å². The number of nitrogens with zero attached hydrogens (tertiary/aromatic N) is 2. The van der Waals surface area contributed by atoms with E-state index in [9.17, 15) is 9.59 Å². The van der Waals surface area contributed by atoms with Gasteiger partial charge in [-0.25, -0.2) is 9.78 Å². The molecule has 0 aromatic carbocycles. The monoisotopic (exact) mass is 329 g/mol. The Morgan fingerprint density at radius 2 is 2.21 bits per heavy atom. The van der Waals surface area contributed by atoms with Crippen LogP contribution >= 0.6 is 0 Å². The first-order chi connectivity index (χ1) is 11.6. The molecule has 0 spiro atoms. The third kappa shape index (κ3) is 2.86. The van der Waals surface area contributed by atoms with E-state index in [4.69, 9.17) is 10.5 Å². The molecule has 8 nitrogen and oxygen atoms in total. The SMILES string of the molecule is NC(=O)O[C@@H]1CCN(c2cc(NC(=O)C3CC3)nc3[nH]ccc23)C1. The van der Waals surface area contributed by atoms with Crippen LogP contribution in [0.4, 0.5) is 16.3 Å². The molecule has 2 fully saturated rings. The lowest BCUT2D eigenvalue weighted by Gasteiger charge is -2.20. The third-order valence-corrected chi connectivity index (χ3v) is 4.47. The van der Waals surface area contributed by atoms with Gasteiger partial charge < -0.3 is 25.7 Å². The zero-order valence-electron chi connectivity index (χ0n) is 13.1. The lowest BCUT2D eigenvalue weighted by atomic mass is 10.2. The molecule has 126 valence electrons. The number of amides is 2. The molecule has 8 heteroatoms. The van der Waals surface area contributed by atoms with Crippen LogP contribution in [0.15, 0.2) is 18.3 Å². The highest BCUT2D eigenvalue weighted by Crippen LogP contribution is 2.33. The molecule has 1 saturated heterocycles. The van der Waals surface area contributed by atoms with E-state index < -0.39 is 6.09 Å². The predicted molar refractivity (Wildman–Crippen MR) is 88.7 cm³/mol. The highest BCUT2D eigenvalue weighted by Gasteiger charge is 2.31. The van der Waals surface area contributed by atoms with Crippen molar-refractivity contribution in [3.63, 3.8) is 0 Å². The summed E-state index contributed by atoms with van der Waals surface area (Å²) >= 11 is 0. The lowest BCUT2D eigenvalue weighted by molar-refractivity contribution is -0.117. The number of H-pyrrole nitrogens is 1. The molecule has 4 N–H and O–H groups in total. The van der Waals surface area contributed by atoms with Gasteiger partial charge in [0, 0.05) is 36.5 Å². The number of primary amides is 1. The first-order valence-electron chi connectivity index (χ1n) is 8.10. The Morgan fingerprint density at radius 3 is 2.96 bits per heavy atom. The van der Waals surface area contributed by atoms with Crippen molar-refractivity contribution in [2.45, 2.75) is 25.4 Å². The Bertz CT molecular complexity index is 798. The van der Waals surface area contributed by atoms with Crippen molar-refractivity contribution in [3.05, 3.63) is 18.3 Å². The number of anilines is 2. The summed E-state index contributed by atoms with van der Waals surface area (Å²) in [5.74, 6) is 0.682. The minimum absolute atomic E-state index is 0.0238. The zero-order chi connectivity index (χ0) is 16.7. The second-order valence-electron chi connectivity index (χ2n) is 6.32. The number of carbonyl (C=O) groups excluding carboxylic acids is 2. The number of carbonyl (C=O) groups is 2. The smallest absolute Gasteiger partial charge is 0.404 e. The van der Waals surface area contributed by atoms with Gasteiger partial charge in [-0.2, -0.15) is 0 Å². The molecule has 3 heterocycles. The van der Waals surface area contributed by atoms with Crippen molar-refractivity contribution in [1.82, 2.24) is 9.97 Å². The topological polar surface area (TPSA) is 113 Å². The lowest BCUT2D eigenvalue weighted by Crippen LogP contribution is -2.27. The van der Waals surface area contributed by atoms with E-state index in [2.05, 4.69) is 20.2 Å². The number of nitrogens with one attached hydrogen (secondary N) is 2. The van der Waals surface area contributed by atoms with Crippen molar-refractivity contribution in [1.29, 1.82) is 0 Å². The number of nitrogens with two attached hydrogens (primary N) is 1. The maximum atomic E-state index is 12.0. The largest absolute Gasteiger partial charge is 0.444 e. The number of aromatic amines is 1. The van der Waals surface area contributed by atoms with E-state index in [-0.39, 0.29) is 17.9 Å². The molecule has 0 unspecified atom stereocenters. The number of aromatic nitrogens is 2. The van der Waals surface area contributed by atoms with Gasteiger partial charge in [0.2, 0.25) is 5.91 Å². The molecule has 2 aromatic heterocycles. The van der Waals surface area contributed by atoms with Gasteiger partial charge in [-0.1, -0.05) is 0 Å². The van der Waals surface area contributed by atoms with Crippen molar-refractivity contribution in [2.24, 2.45) is 11.7 Å². The van der Waals surface area contributed by atoms with Gasteiger partial charge in [-0.15, -0.1) is 0 Å². The average Bonchev–Trinajstić information content (AvgIpc) is 3.11. The summed E-state index contributed by atoms with van der Waals surface area (Å²) < 4.78 is 5.09. The number of hydrogen-bond donors (Lipinski definition) is 3. The Morgan fingerprint density at radius 1 is 1.38 bits per heavy atom. The van der Waals surface area contributed by atoms with Gasteiger partial charge in [0.25, 0.3) is 0 Å². The molecule has 2 amide bonds. The summed E-state index contributed by atoms with van der Waals surface area (Å²) in [4.78, 5) is 32.6. The van der Waals surface area contributed by atoms with Gasteiger partial charge in [-0.05, 0) is 18.9 Å². The van der Waals surface area contributed by atoms with Crippen LogP contribution in [-0.4, -0.2) is 41.2 Å². The highest BCUT2D eigenvalue weighted by atomic mass is 16.6. The van der Waals surface area contributed by atoms with Crippen LogP contribution in [0.2, 0.25) is 0 Å². The maximum Gasteiger partial charge on any atom is 0.404 e. The Hall–Kier alpha value is -2.77. The van der Waals surface area contributed by atoms with E-state index in [0.29, 0.717) is 12.4 Å². The molecule has 1 aliphatic heterocycles. The van der Waals surface area contributed by atoms with Crippen LogP contribution < -0.4 is 16.0 Å². The van der Waals surface area contributed by atoms with E-state index in [1.807, 2.05) is 18.3 Å². The van der Waals surface area contributed by atoms with Crippen LogP contribution in [0.3, 0.4) is 0 Å². The summed E-state index contributed by atoms with van der Waals surface area (Å²) in [7, 11) is 0. The number of fused-ring (bicyclic) bond motifs is 1. The van der Waals surface area contributed by atoms with Crippen molar-refractivity contribution in [3.8, 4) is 0 Å². The van der Waals surface area contributed by atoms with Crippen LogP contribution in [0.5, 0.6) is 0 Å². The summed E-state index contributed by atoms with van der Waals surface area (Å²) in [6.07, 6.45) is 3.47. The molecule has 0 bridgehead atoms. The van der Waals surface area contributed by atoms with Crippen LogP contribution in [0.1, 0.15) is 19.3 Å². The van der Waals surface area contributed by atoms with Gasteiger partial charge in [-0.3, -0.25) is 4.79 Å². The number of hydrogen-bond acceptors (Lipinski definition) is 5. The number of rotatable bonds is 4. The van der Waals surface area contributed by atoms with Crippen LogP contribution in [0, 0.1) is 5.92 Å². The molecule has 4 rings (SSSR count). The fraction of sp³-hybridized carbons (Fsp3) is 0.438. The third-order valence-electron chi connectivity index (χ3n) is 4.47. The molecule has 2 aliphatic rings. The fourth-order valence-electron chi connectivity index (χ4n) is 3.13. The maximum absolute atomic E-state index is 12.0. The zero-order valence-corrected chi connectivity index (χ0v) is 13.1. The van der Waals surface area contributed by atoms with Gasteiger partial charge in [0.15, 0.2) is 0 Å². The van der Waals surface area contributed by atoms with Crippen molar-refractivity contribution in [2.75, 3.05) is 23.3 Å². The van der Waals surface area contributed by atoms with E-state index in [1.54, 1.807) is 0 Å². The molecule has 1 saturated carbocycles. The molecular weight excluding hydrogens is 310 g/mol. The molecule has 0 radical (unpaired) electrons. The van der Waals surface area contributed by atoms with Crippen LogP contribution in [-0.2, 0) is 9.53 Å². The Kier molecular flexibility index (Phi) is 3.51. The molecule has 1 aliphatic carbocycles. The normalized spacial score (nSPS) is 20.3. The van der Waals surface area contributed by atoms with Crippen LogP contribution in [0.25, 0.3) is 11.0 Å². The van der Waals surface area contributed by atoms with Gasteiger partial charge >= 0.3 is 6.09 Å². The first kappa shape index (κ1) is 14.8. The predicted octanol–water partition coefficient (Wildman–Crippen LogP) is 1.59. The summed E-state index contributed by atoms with van der Waals surface area (Å²) in [5.41, 5.74) is 6.78. The second kappa shape index (κ2) is 5.70. The summed E-state index contributed by atoms with van der Waals surface area (Å²) in [5, 5.41) is 3.86.